The second-order valence-corrected chi connectivity index (χ2v) is 8.22. The molecule has 2 aromatic carbocycles. The van der Waals surface area contributed by atoms with Gasteiger partial charge >= 0.3 is 6.09 Å². The van der Waals surface area contributed by atoms with E-state index in [9.17, 15) is 15.0 Å². The third kappa shape index (κ3) is 3.57. The van der Waals surface area contributed by atoms with Gasteiger partial charge < -0.3 is 20.4 Å². The first-order chi connectivity index (χ1) is 12.8. The van der Waals surface area contributed by atoms with E-state index >= 15 is 0 Å². The second kappa shape index (κ2) is 7.33. The molecule has 5 nitrogen and oxygen atoms in total. The standard InChI is InChI=1S/C22H28N2O3/c1-21(2,3)19-18(23-14-15-24(19)20(25)26)22(27,16-10-6-4-7-11-16)17-12-8-5-9-13-17/h4-13,18-19,23,27H,14-15H2,1-3H3,(H,25,26). The van der Waals surface area contributed by atoms with Gasteiger partial charge in [-0.3, -0.25) is 0 Å². The predicted octanol–water partition coefficient (Wildman–Crippen LogP) is 3.29. The van der Waals surface area contributed by atoms with E-state index in [4.69, 9.17) is 0 Å². The molecule has 0 bridgehead atoms. The summed E-state index contributed by atoms with van der Waals surface area (Å²) in [6, 6.07) is 18.1. The minimum Gasteiger partial charge on any atom is -0.465 e. The van der Waals surface area contributed by atoms with E-state index in [-0.39, 0.29) is 5.41 Å². The van der Waals surface area contributed by atoms with Crippen molar-refractivity contribution in [3.63, 3.8) is 0 Å². The second-order valence-electron chi connectivity index (χ2n) is 8.22. The first-order valence-electron chi connectivity index (χ1n) is 9.32. The fraction of sp³-hybridized carbons (Fsp3) is 0.409. The highest BCUT2D eigenvalue weighted by Gasteiger charge is 2.52. The number of rotatable bonds is 3. The quantitative estimate of drug-likeness (QED) is 0.777. The third-order valence-corrected chi connectivity index (χ3v) is 5.38. The Morgan fingerprint density at radius 2 is 1.48 bits per heavy atom. The maximum absolute atomic E-state index is 12.1. The molecule has 2 unspecified atom stereocenters. The zero-order valence-corrected chi connectivity index (χ0v) is 16.1. The van der Waals surface area contributed by atoms with Gasteiger partial charge in [0.25, 0.3) is 0 Å². The molecule has 1 heterocycles. The van der Waals surface area contributed by atoms with Crippen LogP contribution in [-0.4, -0.2) is 46.4 Å². The summed E-state index contributed by atoms with van der Waals surface area (Å²) in [4.78, 5) is 13.4. The van der Waals surface area contributed by atoms with Crippen LogP contribution >= 0.6 is 0 Å². The van der Waals surface area contributed by atoms with E-state index in [0.29, 0.717) is 13.1 Å². The number of amides is 1. The predicted molar refractivity (Wildman–Crippen MR) is 106 cm³/mol. The Morgan fingerprint density at radius 1 is 1.00 bits per heavy atom. The lowest BCUT2D eigenvalue weighted by molar-refractivity contribution is -0.0478. The van der Waals surface area contributed by atoms with Crippen LogP contribution in [-0.2, 0) is 5.60 Å². The molecular weight excluding hydrogens is 340 g/mol. The van der Waals surface area contributed by atoms with E-state index in [2.05, 4.69) is 5.32 Å². The molecular formula is C22H28N2O3. The van der Waals surface area contributed by atoms with Crippen LogP contribution in [0, 0.1) is 5.41 Å². The minimum absolute atomic E-state index is 0.367. The number of nitrogens with zero attached hydrogens (tertiary/aromatic N) is 1. The van der Waals surface area contributed by atoms with Gasteiger partial charge in [-0.1, -0.05) is 81.4 Å². The molecule has 1 fully saturated rings. The fourth-order valence-corrected chi connectivity index (χ4v) is 4.24. The van der Waals surface area contributed by atoms with Crippen molar-refractivity contribution in [2.45, 2.75) is 38.5 Å². The Labute approximate surface area is 160 Å². The number of carbonyl (C=O) groups is 1. The Hall–Kier alpha value is -2.37. The number of benzene rings is 2. The number of nitrogens with one attached hydrogen (secondary N) is 1. The SMILES string of the molecule is CC(C)(C)C1C(C(O)(c2ccccc2)c2ccccc2)NCCN1C(=O)O. The van der Waals surface area contributed by atoms with Crippen LogP contribution in [0.25, 0.3) is 0 Å². The summed E-state index contributed by atoms with van der Waals surface area (Å²) in [7, 11) is 0. The highest BCUT2D eigenvalue weighted by atomic mass is 16.4. The summed E-state index contributed by atoms with van der Waals surface area (Å²) in [5, 5.41) is 25.4. The zero-order chi connectivity index (χ0) is 19.7. The molecule has 0 saturated carbocycles. The van der Waals surface area contributed by atoms with E-state index in [1.54, 1.807) is 0 Å². The molecule has 2 aromatic rings. The lowest BCUT2D eigenvalue weighted by atomic mass is 9.69. The average Bonchev–Trinajstić information content (AvgIpc) is 2.67. The molecule has 1 aliphatic heterocycles. The first kappa shape index (κ1) is 19.4. The van der Waals surface area contributed by atoms with Crippen LogP contribution in [0.2, 0.25) is 0 Å². The summed E-state index contributed by atoms with van der Waals surface area (Å²) >= 11 is 0. The van der Waals surface area contributed by atoms with Crippen LogP contribution < -0.4 is 5.32 Å². The summed E-state index contributed by atoms with van der Waals surface area (Å²) in [5.74, 6) is 0. The van der Waals surface area contributed by atoms with Gasteiger partial charge in [-0.2, -0.15) is 0 Å². The maximum Gasteiger partial charge on any atom is 0.407 e. The molecule has 1 amide bonds. The summed E-state index contributed by atoms with van der Waals surface area (Å²) in [6.07, 6.45) is -0.954. The van der Waals surface area contributed by atoms with E-state index in [1.807, 2.05) is 81.4 Å². The highest BCUT2D eigenvalue weighted by Crippen LogP contribution is 2.41. The van der Waals surface area contributed by atoms with Gasteiger partial charge in [0.1, 0.15) is 5.60 Å². The van der Waals surface area contributed by atoms with Crippen molar-refractivity contribution in [3.8, 4) is 0 Å². The van der Waals surface area contributed by atoms with Crippen molar-refractivity contribution in [3.05, 3.63) is 71.8 Å². The molecule has 1 aliphatic rings. The van der Waals surface area contributed by atoms with Gasteiger partial charge in [-0.25, -0.2) is 4.79 Å². The molecule has 0 aliphatic carbocycles. The fourth-order valence-electron chi connectivity index (χ4n) is 4.24. The van der Waals surface area contributed by atoms with E-state index in [0.717, 1.165) is 11.1 Å². The van der Waals surface area contributed by atoms with Crippen molar-refractivity contribution in [2.75, 3.05) is 13.1 Å². The van der Waals surface area contributed by atoms with Gasteiger partial charge in [0.2, 0.25) is 0 Å². The summed E-state index contributed by atoms with van der Waals surface area (Å²) in [6.45, 7) is 6.94. The van der Waals surface area contributed by atoms with Crippen molar-refractivity contribution < 1.29 is 15.0 Å². The van der Waals surface area contributed by atoms with Crippen LogP contribution in [0.5, 0.6) is 0 Å². The number of piperazine rings is 1. The van der Waals surface area contributed by atoms with E-state index in [1.165, 1.54) is 4.90 Å². The van der Waals surface area contributed by atoms with Crippen molar-refractivity contribution in [1.82, 2.24) is 10.2 Å². The molecule has 144 valence electrons. The number of hydrogen-bond acceptors (Lipinski definition) is 3. The highest BCUT2D eigenvalue weighted by molar-refractivity contribution is 5.66. The minimum atomic E-state index is -1.37. The third-order valence-electron chi connectivity index (χ3n) is 5.38. The molecule has 5 heteroatoms. The summed E-state index contributed by atoms with van der Waals surface area (Å²) in [5.41, 5.74) is -0.242. The monoisotopic (exact) mass is 368 g/mol. The lowest BCUT2D eigenvalue weighted by Crippen LogP contribution is -2.70. The Kier molecular flexibility index (Phi) is 5.27. The lowest BCUT2D eigenvalue weighted by Gasteiger charge is -2.52. The number of hydrogen-bond donors (Lipinski definition) is 3. The Bertz CT molecular complexity index is 732. The molecule has 1 saturated heterocycles. The van der Waals surface area contributed by atoms with Gasteiger partial charge in [0.15, 0.2) is 0 Å². The topological polar surface area (TPSA) is 72.8 Å². The van der Waals surface area contributed by atoms with Gasteiger partial charge in [-0.15, -0.1) is 0 Å². The van der Waals surface area contributed by atoms with Crippen molar-refractivity contribution >= 4 is 6.09 Å². The molecule has 2 atom stereocenters. The molecule has 0 aromatic heterocycles. The van der Waals surface area contributed by atoms with Gasteiger partial charge in [-0.05, 0) is 16.5 Å². The smallest absolute Gasteiger partial charge is 0.407 e. The molecule has 3 N–H and O–H groups in total. The normalized spacial score (nSPS) is 21.1. The molecule has 0 spiro atoms. The molecule has 0 radical (unpaired) electrons. The van der Waals surface area contributed by atoms with Gasteiger partial charge in [0, 0.05) is 13.1 Å². The first-order valence-corrected chi connectivity index (χ1v) is 9.32. The van der Waals surface area contributed by atoms with Gasteiger partial charge in [0.05, 0.1) is 12.1 Å². The maximum atomic E-state index is 12.1. The molecule has 27 heavy (non-hydrogen) atoms. The van der Waals surface area contributed by atoms with Crippen LogP contribution in [0.15, 0.2) is 60.7 Å². The number of aliphatic hydroxyl groups is 1. The Balaban J connectivity index is 2.20. The Morgan fingerprint density at radius 3 is 1.89 bits per heavy atom. The van der Waals surface area contributed by atoms with E-state index < -0.39 is 23.8 Å². The largest absolute Gasteiger partial charge is 0.465 e. The number of carboxylic acid groups (broad SMARTS) is 1. The summed E-state index contributed by atoms with van der Waals surface area (Å²) < 4.78 is 0. The van der Waals surface area contributed by atoms with Crippen molar-refractivity contribution in [1.29, 1.82) is 0 Å². The van der Waals surface area contributed by atoms with Crippen LogP contribution in [0.3, 0.4) is 0 Å². The zero-order valence-electron chi connectivity index (χ0n) is 16.1. The average molecular weight is 368 g/mol. The van der Waals surface area contributed by atoms with Crippen LogP contribution in [0.1, 0.15) is 31.9 Å². The van der Waals surface area contributed by atoms with Crippen LogP contribution in [0.4, 0.5) is 4.79 Å². The molecule has 3 rings (SSSR count). The van der Waals surface area contributed by atoms with Crippen molar-refractivity contribution in [2.24, 2.45) is 5.41 Å².